The Hall–Kier alpha value is -2.46. The van der Waals surface area contributed by atoms with E-state index in [9.17, 15) is 13.2 Å². The maximum atomic E-state index is 13.0. The van der Waals surface area contributed by atoms with Gasteiger partial charge < -0.3 is 5.32 Å². The summed E-state index contributed by atoms with van der Waals surface area (Å²) in [6.45, 7) is 4.49. The number of nitrogens with one attached hydrogen (secondary N) is 1. The SMILES string of the molecule is Cc1cccc(CSc2ncc(Cl)c(C(=O)Nc3ccc(S(=O)(=O)N4CCCCC4C)cc3)n2)c1. The number of carbonyl (C=O) groups excluding carboxylic acids is 1. The molecular formula is C25H27ClN4O3S2. The average Bonchev–Trinajstić information content (AvgIpc) is 2.84. The zero-order valence-electron chi connectivity index (χ0n) is 19.6. The van der Waals surface area contributed by atoms with E-state index >= 15 is 0 Å². The number of halogens is 1. The first kappa shape index (κ1) is 25.6. The largest absolute Gasteiger partial charge is 0.321 e. The van der Waals surface area contributed by atoms with Crippen LogP contribution < -0.4 is 5.32 Å². The predicted octanol–water partition coefficient (Wildman–Crippen LogP) is 5.55. The molecule has 1 aromatic heterocycles. The van der Waals surface area contributed by atoms with Crippen LogP contribution in [0.1, 0.15) is 47.8 Å². The lowest BCUT2D eigenvalue weighted by molar-refractivity contribution is 0.102. The van der Waals surface area contributed by atoms with Crippen LogP contribution in [-0.2, 0) is 15.8 Å². The zero-order chi connectivity index (χ0) is 25.0. The van der Waals surface area contributed by atoms with E-state index in [4.69, 9.17) is 11.6 Å². The minimum Gasteiger partial charge on any atom is -0.321 e. The Morgan fingerprint density at radius 1 is 1.20 bits per heavy atom. The van der Waals surface area contributed by atoms with Crippen LogP contribution in [0.3, 0.4) is 0 Å². The first-order valence-corrected chi connectivity index (χ1v) is 14.2. The van der Waals surface area contributed by atoms with Crippen LogP contribution >= 0.6 is 23.4 Å². The van der Waals surface area contributed by atoms with E-state index < -0.39 is 15.9 Å². The number of amides is 1. The molecule has 1 amide bonds. The first-order chi connectivity index (χ1) is 16.7. The average molecular weight is 531 g/mol. The van der Waals surface area contributed by atoms with Crippen molar-refractivity contribution in [1.82, 2.24) is 14.3 Å². The Morgan fingerprint density at radius 2 is 1.97 bits per heavy atom. The third-order valence-corrected chi connectivity index (χ3v) is 9.09. The van der Waals surface area contributed by atoms with Crippen molar-refractivity contribution in [3.05, 3.63) is 76.6 Å². The van der Waals surface area contributed by atoms with Gasteiger partial charge in [-0.1, -0.05) is 59.6 Å². The number of aryl methyl sites for hydroxylation is 1. The topological polar surface area (TPSA) is 92.3 Å². The smallest absolute Gasteiger partial charge is 0.275 e. The quantitative estimate of drug-likeness (QED) is 0.318. The Kier molecular flexibility index (Phi) is 8.11. The number of thioether (sulfide) groups is 1. The maximum absolute atomic E-state index is 13.0. The van der Waals surface area contributed by atoms with Gasteiger partial charge in [0.15, 0.2) is 10.9 Å². The van der Waals surface area contributed by atoms with E-state index in [-0.39, 0.29) is 21.7 Å². The van der Waals surface area contributed by atoms with Crippen molar-refractivity contribution in [1.29, 1.82) is 0 Å². The number of nitrogens with zero attached hydrogens (tertiary/aromatic N) is 3. The van der Waals surface area contributed by atoms with Crippen molar-refractivity contribution < 1.29 is 13.2 Å². The lowest BCUT2D eigenvalue weighted by atomic mass is 10.1. The van der Waals surface area contributed by atoms with Gasteiger partial charge >= 0.3 is 0 Å². The van der Waals surface area contributed by atoms with Crippen molar-refractivity contribution in [2.24, 2.45) is 0 Å². The molecular weight excluding hydrogens is 504 g/mol. The van der Waals surface area contributed by atoms with Gasteiger partial charge in [0.2, 0.25) is 10.0 Å². The van der Waals surface area contributed by atoms with E-state index in [0.29, 0.717) is 23.1 Å². The fraction of sp³-hybridized carbons (Fsp3) is 0.320. The Balaban J connectivity index is 1.44. The van der Waals surface area contributed by atoms with Gasteiger partial charge in [0.1, 0.15) is 0 Å². The number of anilines is 1. The van der Waals surface area contributed by atoms with Crippen LogP contribution in [0.2, 0.25) is 5.02 Å². The fourth-order valence-corrected chi connectivity index (χ4v) is 6.63. The molecule has 4 rings (SSSR count). The van der Waals surface area contributed by atoms with E-state index in [1.807, 2.05) is 32.0 Å². The van der Waals surface area contributed by atoms with Crippen LogP contribution in [-0.4, -0.2) is 41.2 Å². The third kappa shape index (κ3) is 6.22. The molecule has 1 aliphatic rings. The summed E-state index contributed by atoms with van der Waals surface area (Å²) in [5, 5.41) is 3.33. The van der Waals surface area contributed by atoms with Crippen LogP contribution in [0.15, 0.2) is 64.8 Å². The van der Waals surface area contributed by atoms with Gasteiger partial charge in [-0.3, -0.25) is 4.79 Å². The summed E-state index contributed by atoms with van der Waals surface area (Å²) in [5.41, 5.74) is 2.81. The van der Waals surface area contributed by atoms with Gasteiger partial charge in [-0.25, -0.2) is 18.4 Å². The van der Waals surface area contributed by atoms with Crippen molar-refractivity contribution >= 4 is 45.0 Å². The standard InChI is InChI=1S/C25H27ClN4O3S2/c1-17-6-5-8-19(14-17)16-34-25-27-15-22(26)23(29-25)24(31)28-20-9-11-21(12-10-20)35(32,33)30-13-4-3-7-18(30)2/h5-6,8-12,14-15,18H,3-4,7,13,16H2,1-2H3,(H,28,31). The molecule has 1 saturated heterocycles. The number of rotatable bonds is 7. The monoisotopic (exact) mass is 530 g/mol. The van der Waals surface area contributed by atoms with E-state index in [1.54, 1.807) is 16.4 Å². The second-order valence-corrected chi connectivity index (χ2v) is 11.8. The summed E-state index contributed by atoms with van der Waals surface area (Å²) >= 11 is 7.61. The van der Waals surface area contributed by atoms with Gasteiger partial charge in [0.05, 0.1) is 16.1 Å². The van der Waals surface area contributed by atoms with Crippen LogP contribution in [0.4, 0.5) is 5.69 Å². The highest BCUT2D eigenvalue weighted by molar-refractivity contribution is 7.98. The van der Waals surface area contributed by atoms with Gasteiger partial charge in [-0.15, -0.1) is 0 Å². The first-order valence-electron chi connectivity index (χ1n) is 11.4. The van der Waals surface area contributed by atoms with Crippen molar-refractivity contribution in [3.8, 4) is 0 Å². The summed E-state index contributed by atoms with van der Waals surface area (Å²) in [4.78, 5) is 21.6. The minimum absolute atomic E-state index is 0.0222. The number of benzene rings is 2. The summed E-state index contributed by atoms with van der Waals surface area (Å²) < 4.78 is 27.6. The molecule has 0 bridgehead atoms. The molecule has 0 radical (unpaired) electrons. The third-order valence-electron chi connectivity index (χ3n) is 5.85. The molecule has 1 N–H and O–H groups in total. The Labute approximate surface area is 215 Å². The van der Waals surface area contributed by atoms with E-state index in [2.05, 4.69) is 21.4 Å². The van der Waals surface area contributed by atoms with Gasteiger partial charge in [0.25, 0.3) is 5.91 Å². The zero-order valence-corrected chi connectivity index (χ0v) is 22.0. The molecule has 1 fully saturated rings. The van der Waals surface area contributed by atoms with Crippen molar-refractivity contribution in [2.75, 3.05) is 11.9 Å². The molecule has 35 heavy (non-hydrogen) atoms. The second kappa shape index (κ2) is 11.1. The summed E-state index contributed by atoms with van der Waals surface area (Å²) in [5.74, 6) is 0.172. The van der Waals surface area contributed by atoms with Crippen LogP contribution in [0, 0.1) is 6.92 Å². The number of hydrogen-bond donors (Lipinski definition) is 1. The van der Waals surface area contributed by atoms with Gasteiger partial charge in [0, 0.05) is 24.0 Å². The van der Waals surface area contributed by atoms with Gasteiger partial charge in [-0.2, -0.15) is 4.31 Å². The lowest BCUT2D eigenvalue weighted by Gasteiger charge is -2.32. The molecule has 1 unspecified atom stereocenters. The predicted molar refractivity (Wildman–Crippen MR) is 139 cm³/mol. The lowest BCUT2D eigenvalue weighted by Crippen LogP contribution is -2.41. The molecule has 7 nitrogen and oxygen atoms in total. The normalized spacial score (nSPS) is 16.7. The Morgan fingerprint density at radius 3 is 2.69 bits per heavy atom. The molecule has 2 heterocycles. The number of piperidine rings is 1. The fourth-order valence-electron chi connectivity index (χ4n) is 3.99. The van der Waals surface area contributed by atoms with Crippen molar-refractivity contribution in [2.45, 2.75) is 55.0 Å². The summed E-state index contributed by atoms with van der Waals surface area (Å²) in [6, 6.07) is 14.3. The summed E-state index contributed by atoms with van der Waals surface area (Å²) in [6.07, 6.45) is 4.18. The minimum atomic E-state index is -3.58. The Bertz CT molecular complexity index is 1320. The number of carbonyl (C=O) groups is 1. The summed E-state index contributed by atoms with van der Waals surface area (Å²) in [7, 11) is -3.58. The maximum Gasteiger partial charge on any atom is 0.275 e. The molecule has 0 aliphatic carbocycles. The molecule has 3 aromatic rings. The molecule has 1 aliphatic heterocycles. The highest BCUT2D eigenvalue weighted by atomic mass is 35.5. The number of sulfonamides is 1. The van der Waals surface area contributed by atoms with Crippen LogP contribution in [0.5, 0.6) is 0 Å². The molecule has 10 heteroatoms. The number of aromatic nitrogens is 2. The molecule has 184 valence electrons. The molecule has 0 saturated carbocycles. The van der Waals surface area contributed by atoms with E-state index in [0.717, 1.165) is 24.8 Å². The van der Waals surface area contributed by atoms with Gasteiger partial charge in [-0.05, 0) is 56.5 Å². The molecule has 0 spiro atoms. The van der Waals surface area contributed by atoms with Crippen LogP contribution in [0.25, 0.3) is 0 Å². The molecule has 1 atom stereocenters. The highest BCUT2D eigenvalue weighted by Gasteiger charge is 2.30. The highest BCUT2D eigenvalue weighted by Crippen LogP contribution is 2.27. The second-order valence-electron chi connectivity index (χ2n) is 8.57. The molecule has 2 aromatic carbocycles. The van der Waals surface area contributed by atoms with E-state index in [1.165, 1.54) is 35.7 Å². The van der Waals surface area contributed by atoms with Crippen molar-refractivity contribution in [3.63, 3.8) is 0 Å². The number of hydrogen-bond acceptors (Lipinski definition) is 6.